The monoisotopic (exact) mass is 505 g/mol. The third-order valence-corrected chi connectivity index (χ3v) is 5.51. The molecule has 0 saturated heterocycles. The van der Waals surface area contributed by atoms with E-state index in [-0.39, 0.29) is 29.6 Å². The third-order valence-electron chi connectivity index (χ3n) is 5.51. The lowest BCUT2D eigenvalue weighted by Crippen LogP contribution is -2.42. The van der Waals surface area contributed by atoms with Gasteiger partial charge in [-0.1, -0.05) is 13.8 Å². The number of carbonyl (C=O) groups is 1. The van der Waals surface area contributed by atoms with Crippen LogP contribution in [0.5, 0.6) is 11.5 Å². The van der Waals surface area contributed by atoms with Crippen LogP contribution in [0.4, 0.5) is 13.6 Å². The lowest BCUT2D eigenvalue weighted by atomic mass is 10.0. The highest BCUT2D eigenvalue weighted by Gasteiger charge is 2.23. The molecule has 2 heterocycles. The molecule has 0 aliphatic carbocycles. The predicted molar refractivity (Wildman–Crippen MR) is 134 cm³/mol. The smallest absolute Gasteiger partial charge is 0.407 e. The number of alkyl carbamates (subject to hydrolysis) is 1. The van der Waals surface area contributed by atoms with Crippen molar-refractivity contribution in [2.75, 3.05) is 6.61 Å². The summed E-state index contributed by atoms with van der Waals surface area (Å²) in [7, 11) is 1.60. The van der Waals surface area contributed by atoms with E-state index >= 15 is 0 Å². The van der Waals surface area contributed by atoms with Crippen LogP contribution in [0.25, 0.3) is 21.7 Å². The van der Waals surface area contributed by atoms with Gasteiger partial charge < -0.3 is 24.1 Å². The number of carbonyl (C=O) groups excluding carboxylic acids is 1. The van der Waals surface area contributed by atoms with Crippen LogP contribution in [0, 0.1) is 12.8 Å². The molecule has 0 bridgehead atoms. The number of nitrogens with one attached hydrogen (secondary N) is 1. The van der Waals surface area contributed by atoms with Gasteiger partial charge in [0.25, 0.3) is 5.56 Å². The minimum Gasteiger partial charge on any atom is -0.487 e. The van der Waals surface area contributed by atoms with Crippen LogP contribution in [0.3, 0.4) is 0 Å². The lowest BCUT2D eigenvalue weighted by molar-refractivity contribution is -0.0514. The Morgan fingerprint density at radius 3 is 2.47 bits per heavy atom. The standard InChI is InChI=1S/C26H33F2N3O5/c1-14(2)10-16(30-25(33)36-26(4,5)6)13-34-20-12-19-18(11-21(20)35-24(27)28)17-8-9-29-15(3)22(17)23(32)31(19)7/h8-9,11-12,14,16,24H,10,13H2,1-7H3,(H,30,33). The van der Waals surface area contributed by atoms with Crippen molar-refractivity contribution in [1.29, 1.82) is 0 Å². The molecule has 0 fully saturated rings. The third kappa shape index (κ3) is 6.41. The second kappa shape index (κ2) is 10.7. The summed E-state index contributed by atoms with van der Waals surface area (Å²) in [5.41, 5.74) is 0.0817. The molecule has 1 amide bonds. The number of aryl methyl sites for hydroxylation is 2. The molecule has 10 heteroatoms. The minimum absolute atomic E-state index is 0.0208. The summed E-state index contributed by atoms with van der Waals surface area (Å²) in [5, 5.41) is 4.32. The number of halogens is 2. The van der Waals surface area contributed by atoms with Gasteiger partial charge in [0.05, 0.1) is 22.6 Å². The van der Waals surface area contributed by atoms with Gasteiger partial charge in [0.15, 0.2) is 11.5 Å². The van der Waals surface area contributed by atoms with Gasteiger partial charge in [0.1, 0.15) is 12.2 Å². The largest absolute Gasteiger partial charge is 0.487 e. The van der Waals surface area contributed by atoms with Crippen LogP contribution >= 0.6 is 0 Å². The van der Waals surface area contributed by atoms with Crippen LogP contribution < -0.4 is 20.3 Å². The summed E-state index contributed by atoms with van der Waals surface area (Å²) in [6.07, 6.45) is 1.53. The molecule has 1 aromatic carbocycles. The SMILES string of the molecule is Cc1nccc2c1c(=O)n(C)c1cc(OCC(CC(C)C)NC(=O)OC(C)(C)C)c(OC(F)F)cc21. The van der Waals surface area contributed by atoms with E-state index in [1.165, 1.54) is 16.7 Å². The zero-order valence-electron chi connectivity index (χ0n) is 21.6. The molecular weight excluding hydrogens is 472 g/mol. The first kappa shape index (κ1) is 27.2. The molecule has 3 aromatic rings. The van der Waals surface area contributed by atoms with Gasteiger partial charge in [-0.2, -0.15) is 8.78 Å². The van der Waals surface area contributed by atoms with Crippen molar-refractivity contribution in [3.8, 4) is 11.5 Å². The number of pyridine rings is 2. The molecule has 0 saturated carbocycles. The van der Waals surface area contributed by atoms with Gasteiger partial charge in [0, 0.05) is 30.1 Å². The van der Waals surface area contributed by atoms with E-state index in [0.717, 1.165) is 0 Å². The Bertz CT molecular complexity index is 1320. The van der Waals surface area contributed by atoms with Gasteiger partial charge in [-0.15, -0.1) is 0 Å². The molecule has 0 aliphatic heterocycles. The number of rotatable bonds is 8. The summed E-state index contributed by atoms with van der Waals surface area (Å²) < 4.78 is 44.1. The number of ether oxygens (including phenoxy) is 3. The summed E-state index contributed by atoms with van der Waals surface area (Å²) in [6.45, 7) is 7.87. The molecule has 0 radical (unpaired) electrons. The maximum atomic E-state index is 13.3. The summed E-state index contributed by atoms with van der Waals surface area (Å²) in [5.74, 6) is 0.0705. The number of fused-ring (bicyclic) bond motifs is 3. The van der Waals surface area contributed by atoms with E-state index in [1.807, 2.05) is 13.8 Å². The van der Waals surface area contributed by atoms with Gasteiger partial charge in [-0.3, -0.25) is 9.78 Å². The van der Waals surface area contributed by atoms with Crippen LogP contribution in [0.2, 0.25) is 0 Å². The van der Waals surface area contributed by atoms with E-state index in [4.69, 9.17) is 14.2 Å². The molecule has 0 aliphatic rings. The van der Waals surface area contributed by atoms with Crippen molar-refractivity contribution in [2.45, 2.75) is 66.2 Å². The average Bonchev–Trinajstić information content (AvgIpc) is 2.73. The van der Waals surface area contributed by atoms with E-state index in [9.17, 15) is 18.4 Å². The van der Waals surface area contributed by atoms with Crippen LogP contribution in [0.1, 0.15) is 46.7 Å². The maximum absolute atomic E-state index is 13.3. The Hall–Kier alpha value is -3.43. The lowest BCUT2D eigenvalue weighted by Gasteiger charge is -2.25. The Morgan fingerprint density at radius 2 is 1.86 bits per heavy atom. The number of hydrogen-bond acceptors (Lipinski definition) is 6. The van der Waals surface area contributed by atoms with Crippen LogP contribution in [-0.4, -0.2) is 40.5 Å². The topological polar surface area (TPSA) is 91.7 Å². The van der Waals surface area contributed by atoms with Gasteiger partial charge in [0.2, 0.25) is 0 Å². The fourth-order valence-electron chi connectivity index (χ4n) is 4.08. The summed E-state index contributed by atoms with van der Waals surface area (Å²) >= 11 is 0. The fraction of sp³-hybridized carbons (Fsp3) is 0.500. The molecule has 1 unspecified atom stereocenters. The Kier molecular flexibility index (Phi) is 8.05. The number of alkyl halides is 2. The molecule has 36 heavy (non-hydrogen) atoms. The molecule has 0 spiro atoms. The molecule has 8 nitrogen and oxygen atoms in total. The zero-order chi connectivity index (χ0) is 26.8. The normalized spacial score (nSPS) is 12.9. The Balaban J connectivity index is 2.02. The summed E-state index contributed by atoms with van der Waals surface area (Å²) in [6, 6.07) is 4.16. The van der Waals surface area contributed by atoms with Gasteiger partial charge in [-0.25, -0.2) is 4.79 Å². The summed E-state index contributed by atoms with van der Waals surface area (Å²) in [4.78, 5) is 29.5. The van der Waals surface area contributed by atoms with Crippen LogP contribution in [0.15, 0.2) is 29.2 Å². The molecule has 3 rings (SSSR count). The number of amides is 1. The quantitative estimate of drug-likeness (QED) is 0.417. The van der Waals surface area contributed by atoms with E-state index in [2.05, 4.69) is 10.3 Å². The van der Waals surface area contributed by atoms with Crippen molar-refractivity contribution in [3.63, 3.8) is 0 Å². The van der Waals surface area contributed by atoms with Crippen molar-refractivity contribution >= 4 is 27.8 Å². The number of benzene rings is 1. The fourth-order valence-corrected chi connectivity index (χ4v) is 4.08. The van der Waals surface area contributed by atoms with Gasteiger partial charge in [-0.05, 0) is 52.2 Å². The molecule has 196 valence electrons. The highest BCUT2D eigenvalue weighted by atomic mass is 19.3. The Morgan fingerprint density at radius 1 is 1.17 bits per heavy atom. The molecule has 2 aromatic heterocycles. The Labute approximate surface area is 208 Å². The number of aromatic nitrogens is 2. The van der Waals surface area contributed by atoms with Crippen LogP contribution in [-0.2, 0) is 11.8 Å². The molecule has 1 atom stereocenters. The number of hydrogen-bond donors (Lipinski definition) is 1. The highest BCUT2D eigenvalue weighted by molar-refractivity contribution is 6.07. The minimum atomic E-state index is -3.08. The average molecular weight is 506 g/mol. The first-order chi connectivity index (χ1) is 16.8. The maximum Gasteiger partial charge on any atom is 0.407 e. The molecule has 1 N–H and O–H groups in total. The van der Waals surface area contributed by atoms with Crippen molar-refractivity contribution < 1.29 is 27.8 Å². The predicted octanol–water partition coefficient (Wildman–Crippen LogP) is 5.31. The second-order valence-electron chi connectivity index (χ2n) is 10.2. The first-order valence-electron chi connectivity index (χ1n) is 11.8. The van der Waals surface area contributed by atoms with Gasteiger partial charge >= 0.3 is 12.7 Å². The van der Waals surface area contributed by atoms with E-state index < -0.39 is 24.3 Å². The second-order valence-corrected chi connectivity index (χ2v) is 10.2. The first-order valence-corrected chi connectivity index (χ1v) is 11.8. The highest BCUT2D eigenvalue weighted by Crippen LogP contribution is 2.36. The van der Waals surface area contributed by atoms with E-state index in [1.54, 1.807) is 47.0 Å². The van der Waals surface area contributed by atoms with Crippen molar-refractivity contribution in [1.82, 2.24) is 14.9 Å². The zero-order valence-corrected chi connectivity index (χ0v) is 21.6. The number of nitrogens with zero attached hydrogens (tertiary/aromatic N) is 2. The van der Waals surface area contributed by atoms with Crippen molar-refractivity contribution in [3.05, 3.63) is 40.4 Å². The van der Waals surface area contributed by atoms with E-state index in [0.29, 0.717) is 33.8 Å². The van der Waals surface area contributed by atoms with Crippen molar-refractivity contribution in [2.24, 2.45) is 13.0 Å². The molecular formula is C26H33F2N3O5.